The summed E-state index contributed by atoms with van der Waals surface area (Å²) < 4.78 is 22.7. The van der Waals surface area contributed by atoms with Crippen LogP contribution in [0.25, 0.3) is 0 Å². The van der Waals surface area contributed by atoms with Gasteiger partial charge in [0.2, 0.25) is 6.29 Å². The molecule has 6 atom stereocenters. The molecular formula is C28H44O10. The number of hydrogen-bond donors (Lipinski definition) is 4. The highest BCUT2D eigenvalue weighted by molar-refractivity contribution is 5.87. The first kappa shape index (κ1) is 33.5. The molecule has 0 aromatic carbocycles. The van der Waals surface area contributed by atoms with Gasteiger partial charge in [0.15, 0.2) is 18.3 Å². The van der Waals surface area contributed by atoms with Crippen LogP contribution in [0.3, 0.4) is 0 Å². The average molecular weight is 541 g/mol. The maximum absolute atomic E-state index is 12.4. The van der Waals surface area contributed by atoms with E-state index in [1.165, 1.54) is 0 Å². The first-order chi connectivity index (χ1) is 18.0. The molecule has 0 bridgehead atoms. The number of aliphatic hydroxyl groups excluding tert-OH is 4. The van der Waals surface area contributed by atoms with Crippen LogP contribution in [-0.2, 0) is 28.5 Å². The SMILES string of the molecule is CC=C(C)C(=O)OC1C(CO)OC(OC(=CC(C)CC(C)=CCO)CCC=C(C)CO)C(O)C1OC(C)=O. The Labute approximate surface area is 225 Å². The number of allylic oxidation sites excluding steroid dienone is 5. The van der Waals surface area contributed by atoms with E-state index in [2.05, 4.69) is 0 Å². The molecule has 1 aliphatic rings. The minimum Gasteiger partial charge on any atom is -0.467 e. The van der Waals surface area contributed by atoms with Gasteiger partial charge in [0.05, 0.1) is 25.6 Å². The number of aliphatic hydroxyl groups is 4. The van der Waals surface area contributed by atoms with Crippen molar-refractivity contribution in [3.8, 4) is 0 Å². The van der Waals surface area contributed by atoms with Gasteiger partial charge in [0.1, 0.15) is 6.10 Å². The maximum Gasteiger partial charge on any atom is 0.333 e. The van der Waals surface area contributed by atoms with Crippen LogP contribution in [0.5, 0.6) is 0 Å². The second kappa shape index (κ2) is 17.2. The minimum absolute atomic E-state index is 0.00636. The summed E-state index contributed by atoms with van der Waals surface area (Å²) in [6.07, 6.45) is 2.02. The molecule has 4 N–H and O–H groups in total. The predicted molar refractivity (Wildman–Crippen MR) is 140 cm³/mol. The van der Waals surface area contributed by atoms with Crippen LogP contribution < -0.4 is 0 Å². The summed E-state index contributed by atoms with van der Waals surface area (Å²) in [6, 6.07) is 0. The molecule has 10 heteroatoms. The summed E-state index contributed by atoms with van der Waals surface area (Å²) in [4.78, 5) is 24.3. The van der Waals surface area contributed by atoms with Crippen LogP contribution in [-0.4, -0.2) is 82.9 Å². The number of carbonyl (C=O) groups excluding carboxylic acids is 2. The van der Waals surface area contributed by atoms with E-state index in [0.717, 1.165) is 18.1 Å². The van der Waals surface area contributed by atoms with Crippen molar-refractivity contribution in [1.82, 2.24) is 0 Å². The standard InChI is InChI=1S/C28H44O10/c1-7-20(5)27(34)38-25-23(16-31)37-28(24(33)26(25)35-21(6)32)36-22(10-8-9-18(3)15-30)14-19(4)13-17(2)11-12-29/h7,9,11,14,19,23-26,28-31,33H,8,10,12-13,15-16H2,1-6H3. The van der Waals surface area contributed by atoms with E-state index in [4.69, 9.17) is 24.1 Å². The van der Waals surface area contributed by atoms with Crippen molar-refractivity contribution in [2.75, 3.05) is 19.8 Å². The minimum atomic E-state index is -1.53. The fourth-order valence-corrected chi connectivity index (χ4v) is 3.92. The van der Waals surface area contributed by atoms with Gasteiger partial charge in [-0.25, -0.2) is 4.79 Å². The largest absolute Gasteiger partial charge is 0.467 e. The molecule has 6 unspecified atom stereocenters. The topological polar surface area (TPSA) is 152 Å². The number of ether oxygens (including phenoxy) is 4. The zero-order chi connectivity index (χ0) is 28.8. The Balaban J connectivity index is 3.26. The van der Waals surface area contributed by atoms with Crippen LogP contribution in [0.2, 0.25) is 0 Å². The van der Waals surface area contributed by atoms with E-state index in [-0.39, 0.29) is 19.1 Å². The van der Waals surface area contributed by atoms with Gasteiger partial charge in [0.25, 0.3) is 0 Å². The van der Waals surface area contributed by atoms with Gasteiger partial charge >= 0.3 is 11.9 Å². The molecule has 0 aliphatic carbocycles. The molecule has 0 radical (unpaired) electrons. The van der Waals surface area contributed by atoms with Crippen LogP contribution >= 0.6 is 0 Å². The Morgan fingerprint density at radius 1 is 0.974 bits per heavy atom. The lowest BCUT2D eigenvalue weighted by Gasteiger charge is -2.43. The van der Waals surface area contributed by atoms with Crippen molar-refractivity contribution in [1.29, 1.82) is 0 Å². The van der Waals surface area contributed by atoms with Gasteiger partial charge in [-0.15, -0.1) is 0 Å². The molecule has 10 nitrogen and oxygen atoms in total. The average Bonchev–Trinajstić information content (AvgIpc) is 2.86. The zero-order valence-corrected chi connectivity index (χ0v) is 23.3. The molecule has 1 saturated heterocycles. The molecular weight excluding hydrogens is 496 g/mol. The molecule has 1 rings (SSSR count). The molecule has 38 heavy (non-hydrogen) atoms. The molecule has 216 valence electrons. The third-order valence-electron chi connectivity index (χ3n) is 6.05. The van der Waals surface area contributed by atoms with Crippen molar-refractivity contribution in [3.63, 3.8) is 0 Å². The van der Waals surface area contributed by atoms with E-state index < -0.39 is 49.3 Å². The Bertz CT molecular complexity index is 888. The fraction of sp³-hybridized carbons (Fsp3) is 0.643. The highest BCUT2D eigenvalue weighted by atomic mass is 16.7. The lowest BCUT2D eigenvalue weighted by molar-refractivity contribution is -0.296. The summed E-state index contributed by atoms with van der Waals surface area (Å²) in [7, 11) is 0. The van der Waals surface area contributed by atoms with Gasteiger partial charge < -0.3 is 39.4 Å². The van der Waals surface area contributed by atoms with Crippen LogP contribution in [0.1, 0.15) is 60.8 Å². The summed E-state index contributed by atoms with van der Waals surface area (Å²) >= 11 is 0. The van der Waals surface area contributed by atoms with Crippen LogP contribution in [0.15, 0.2) is 46.8 Å². The molecule has 1 fully saturated rings. The maximum atomic E-state index is 12.4. The van der Waals surface area contributed by atoms with E-state index in [1.54, 1.807) is 32.9 Å². The zero-order valence-electron chi connectivity index (χ0n) is 23.3. The lowest BCUT2D eigenvalue weighted by Crippen LogP contribution is -2.61. The Morgan fingerprint density at radius 2 is 1.66 bits per heavy atom. The first-order valence-electron chi connectivity index (χ1n) is 12.8. The molecule has 0 aromatic heterocycles. The summed E-state index contributed by atoms with van der Waals surface area (Å²) in [5.74, 6) is -0.920. The van der Waals surface area contributed by atoms with Crippen molar-refractivity contribution >= 4 is 11.9 Å². The Morgan fingerprint density at radius 3 is 2.21 bits per heavy atom. The summed E-state index contributed by atoms with van der Waals surface area (Å²) in [5.41, 5.74) is 2.09. The molecule has 0 aromatic rings. The van der Waals surface area contributed by atoms with Crippen LogP contribution in [0.4, 0.5) is 0 Å². The van der Waals surface area contributed by atoms with Gasteiger partial charge in [-0.3, -0.25) is 4.79 Å². The van der Waals surface area contributed by atoms with Gasteiger partial charge in [-0.05, 0) is 52.5 Å². The van der Waals surface area contributed by atoms with Gasteiger partial charge in [-0.2, -0.15) is 0 Å². The molecule has 1 heterocycles. The highest BCUT2D eigenvalue weighted by Gasteiger charge is 2.50. The van der Waals surface area contributed by atoms with E-state index in [0.29, 0.717) is 30.6 Å². The molecule has 0 amide bonds. The number of esters is 2. The van der Waals surface area contributed by atoms with Crippen molar-refractivity contribution in [2.24, 2.45) is 5.92 Å². The number of hydrogen-bond acceptors (Lipinski definition) is 10. The lowest BCUT2D eigenvalue weighted by atomic mass is 9.98. The Hall–Kier alpha value is -2.50. The van der Waals surface area contributed by atoms with Crippen molar-refractivity contribution in [2.45, 2.75) is 91.5 Å². The predicted octanol–water partition coefficient (Wildman–Crippen LogP) is 2.46. The highest BCUT2D eigenvalue weighted by Crippen LogP contribution is 2.30. The Kier molecular flexibility index (Phi) is 15.1. The van der Waals surface area contributed by atoms with E-state index in [1.807, 2.05) is 26.0 Å². The monoisotopic (exact) mass is 540 g/mol. The first-order valence-corrected chi connectivity index (χ1v) is 12.8. The number of carbonyl (C=O) groups is 2. The second-order valence-corrected chi connectivity index (χ2v) is 9.54. The fourth-order valence-electron chi connectivity index (χ4n) is 3.92. The third-order valence-corrected chi connectivity index (χ3v) is 6.05. The quantitative estimate of drug-likeness (QED) is 0.112. The molecule has 1 aliphatic heterocycles. The number of rotatable bonds is 14. The molecule has 0 saturated carbocycles. The molecule has 0 spiro atoms. The van der Waals surface area contributed by atoms with Gasteiger partial charge in [-0.1, -0.05) is 36.3 Å². The second-order valence-electron chi connectivity index (χ2n) is 9.54. The normalized spacial score (nSPS) is 26.1. The van der Waals surface area contributed by atoms with E-state index >= 15 is 0 Å². The van der Waals surface area contributed by atoms with E-state index in [9.17, 15) is 24.9 Å². The summed E-state index contributed by atoms with van der Waals surface area (Å²) in [5, 5.41) is 39.5. The van der Waals surface area contributed by atoms with Crippen molar-refractivity contribution < 1.29 is 49.0 Å². The third kappa shape index (κ3) is 11.1. The smallest absolute Gasteiger partial charge is 0.333 e. The van der Waals surface area contributed by atoms with Crippen LogP contribution in [0, 0.1) is 5.92 Å². The summed E-state index contributed by atoms with van der Waals surface area (Å²) in [6.45, 7) is 9.34. The van der Waals surface area contributed by atoms with Gasteiger partial charge in [0, 0.05) is 18.9 Å². The van der Waals surface area contributed by atoms with Crippen molar-refractivity contribution in [3.05, 3.63) is 46.8 Å².